The summed E-state index contributed by atoms with van der Waals surface area (Å²) >= 11 is 0. The number of hydrogen-bond donors (Lipinski definition) is 0. The first kappa shape index (κ1) is 8.63. The van der Waals surface area contributed by atoms with Crippen LogP contribution in [0.2, 0.25) is 0 Å². The smallest absolute Gasteiger partial charge is 0.0378 e. The Morgan fingerprint density at radius 3 is 2.36 bits per heavy atom. The van der Waals surface area contributed by atoms with Crippen molar-refractivity contribution in [2.45, 2.75) is 46.1 Å². The molecule has 0 spiro atoms. The normalized spacial score (nSPS) is 22.2. The highest BCUT2D eigenvalue weighted by Gasteiger charge is 2.29. The van der Waals surface area contributed by atoms with E-state index in [1.165, 1.54) is 12.8 Å². The summed E-state index contributed by atoms with van der Waals surface area (Å²) in [4.78, 5) is 2.44. The Morgan fingerprint density at radius 2 is 2.09 bits per heavy atom. The topological polar surface area (TPSA) is 3.24 Å². The van der Waals surface area contributed by atoms with E-state index in [-0.39, 0.29) is 0 Å². The van der Waals surface area contributed by atoms with E-state index in [0.717, 1.165) is 6.54 Å². The monoisotopic (exact) mass is 153 g/mol. The Morgan fingerprint density at radius 1 is 1.45 bits per heavy atom. The maximum absolute atomic E-state index is 2.44. The Kier molecular flexibility index (Phi) is 2.26. The van der Waals surface area contributed by atoms with Gasteiger partial charge in [0.1, 0.15) is 0 Å². The van der Waals surface area contributed by atoms with Gasteiger partial charge in [0.25, 0.3) is 0 Å². The first-order valence-corrected chi connectivity index (χ1v) is 4.56. The highest BCUT2D eigenvalue weighted by atomic mass is 15.2. The molecule has 0 aromatic carbocycles. The zero-order valence-electron chi connectivity index (χ0n) is 8.15. The Bertz CT molecular complexity index is 168. The number of rotatable bonds is 2. The van der Waals surface area contributed by atoms with Crippen molar-refractivity contribution in [3.63, 3.8) is 0 Å². The average Bonchev–Trinajstić information content (AvgIpc) is 2.24. The maximum Gasteiger partial charge on any atom is 0.0378 e. The van der Waals surface area contributed by atoms with Gasteiger partial charge < -0.3 is 4.90 Å². The van der Waals surface area contributed by atoms with Gasteiger partial charge in [0.2, 0.25) is 0 Å². The van der Waals surface area contributed by atoms with E-state index in [0.29, 0.717) is 5.54 Å². The predicted octanol–water partition coefficient (Wildman–Crippen LogP) is 2.78. The third kappa shape index (κ3) is 1.58. The van der Waals surface area contributed by atoms with Crippen LogP contribution in [-0.4, -0.2) is 17.0 Å². The zero-order valence-corrected chi connectivity index (χ0v) is 8.15. The average molecular weight is 153 g/mol. The van der Waals surface area contributed by atoms with E-state index in [4.69, 9.17) is 0 Å². The Balaban J connectivity index is 2.69. The van der Waals surface area contributed by atoms with Crippen LogP contribution in [0, 0.1) is 0 Å². The molecular formula is C10H19N. The van der Waals surface area contributed by atoms with Crippen molar-refractivity contribution < 1.29 is 0 Å². The van der Waals surface area contributed by atoms with Gasteiger partial charge in [-0.05, 0) is 39.8 Å². The molecule has 1 heterocycles. The van der Waals surface area contributed by atoms with Gasteiger partial charge in [-0.15, -0.1) is 0 Å². The molecule has 0 saturated heterocycles. The molecule has 0 aliphatic carbocycles. The lowest BCUT2D eigenvalue weighted by Gasteiger charge is -2.31. The van der Waals surface area contributed by atoms with Crippen molar-refractivity contribution in [2.75, 3.05) is 6.54 Å². The van der Waals surface area contributed by atoms with Crippen molar-refractivity contribution in [1.29, 1.82) is 0 Å². The summed E-state index contributed by atoms with van der Waals surface area (Å²) in [6, 6.07) is 0. The van der Waals surface area contributed by atoms with Gasteiger partial charge in [0, 0.05) is 12.1 Å². The quantitative estimate of drug-likeness (QED) is 0.589. The molecule has 0 unspecified atom stereocenters. The SMILES string of the molecule is CCC1=CN(CC)C(C)(C)C1. The molecule has 11 heavy (non-hydrogen) atoms. The highest BCUT2D eigenvalue weighted by Crippen LogP contribution is 2.32. The fraction of sp³-hybridized carbons (Fsp3) is 0.800. The lowest BCUT2D eigenvalue weighted by molar-refractivity contribution is 0.218. The Labute approximate surface area is 70.1 Å². The fourth-order valence-electron chi connectivity index (χ4n) is 1.83. The van der Waals surface area contributed by atoms with Crippen LogP contribution in [0.3, 0.4) is 0 Å². The molecule has 1 heteroatoms. The van der Waals surface area contributed by atoms with Crippen molar-refractivity contribution in [3.05, 3.63) is 11.8 Å². The van der Waals surface area contributed by atoms with Crippen molar-refractivity contribution in [3.8, 4) is 0 Å². The number of hydrogen-bond acceptors (Lipinski definition) is 1. The maximum atomic E-state index is 2.44. The third-order valence-electron chi connectivity index (χ3n) is 2.57. The molecule has 0 N–H and O–H groups in total. The second-order valence-corrected chi connectivity index (χ2v) is 3.92. The molecule has 0 saturated carbocycles. The molecular weight excluding hydrogens is 134 g/mol. The number of nitrogens with zero attached hydrogens (tertiary/aromatic N) is 1. The van der Waals surface area contributed by atoms with Gasteiger partial charge in [-0.1, -0.05) is 12.5 Å². The summed E-state index contributed by atoms with van der Waals surface area (Å²) in [5.74, 6) is 0. The molecule has 1 aliphatic rings. The lowest BCUT2D eigenvalue weighted by Crippen LogP contribution is -2.35. The molecule has 1 rings (SSSR count). The van der Waals surface area contributed by atoms with Gasteiger partial charge in [-0.25, -0.2) is 0 Å². The lowest BCUT2D eigenvalue weighted by atomic mass is 9.97. The Hall–Kier alpha value is -0.460. The van der Waals surface area contributed by atoms with Crippen LogP contribution < -0.4 is 0 Å². The minimum absolute atomic E-state index is 0.375. The van der Waals surface area contributed by atoms with E-state index in [2.05, 4.69) is 38.8 Å². The molecule has 1 aliphatic heterocycles. The van der Waals surface area contributed by atoms with E-state index in [9.17, 15) is 0 Å². The highest BCUT2D eigenvalue weighted by molar-refractivity contribution is 5.14. The van der Waals surface area contributed by atoms with E-state index in [1.54, 1.807) is 5.57 Å². The van der Waals surface area contributed by atoms with E-state index < -0.39 is 0 Å². The fourth-order valence-corrected chi connectivity index (χ4v) is 1.83. The van der Waals surface area contributed by atoms with Crippen LogP contribution >= 0.6 is 0 Å². The zero-order chi connectivity index (χ0) is 8.48. The van der Waals surface area contributed by atoms with Gasteiger partial charge in [0.05, 0.1) is 0 Å². The molecule has 1 nitrogen and oxygen atoms in total. The van der Waals surface area contributed by atoms with Crippen LogP contribution in [0.25, 0.3) is 0 Å². The van der Waals surface area contributed by atoms with Crippen molar-refractivity contribution in [2.24, 2.45) is 0 Å². The van der Waals surface area contributed by atoms with Crippen molar-refractivity contribution in [1.82, 2.24) is 4.90 Å². The van der Waals surface area contributed by atoms with Gasteiger partial charge in [0.15, 0.2) is 0 Å². The van der Waals surface area contributed by atoms with E-state index in [1.807, 2.05) is 0 Å². The first-order valence-electron chi connectivity index (χ1n) is 4.56. The molecule has 0 radical (unpaired) electrons. The van der Waals surface area contributed by atoms with Gasteiger partial charge >= 0.3 is 0 Å². The van der Waals surface area contributed by atoms with Crippen LogP contribution in [0.5, 0.6) is 0 Å². The second kappa shape index (κ2) is 2.88. The molecule has 0 amide bonds. The summed E-state index contributed by atoms with van der Waals surface area (Å²) in [6.45, 7) is 10.2. The summed E-state index contributed by atoms with van der Waals surface area (Å²) in [6.07, 6.45) is 4.79. The summed E-state index contributed by atoms with van der Waals surface area (Å²) in [7, 11) is 0. The molecule has 0 bridgehead atoms. The van der Waals surface area contributed by atoms with E-state index >= 15 is 0 Å². The predicted molar refractivity (Wildman–Crippen MR) is 49.5 cm³/mol. The molecule has 0 aromatic rings. The van der Waals surface area contributed by atoms with Crippen LogP contribution in [0.4, 0.5) is 0 Å². The largest absolute Gasteiger partial charge is 0.372 e. The summed E-state index contributed by atoms with van der Waals surface area (Å²) < 4.78 is 0. The minimum atomic E-state index is 0.375. The summed E-state index contributed by atoms with van der Waals surface area (Å²) in [5, 5.41) is 0. The van der Waals surface area contributed by atoms with Crippen LogP contribution in [-0.2, 0) is 0 Å². The molecule has 0 fully saturated rings. The van der Waals surface area contributed by atoms with Crippen molar-refractivity contribution >= 4 is 0 Å². The minimum Gasteiger partial charge on any atom is -0.372 e. The van der Waals surface area contributed by atoms with Crippen LogP contribution in [0.1, 0.15) is 40.5 Å². The summed E-state index contributed by atoms with van der Waals surface area (Å²) in [5.41, 5.74) is 1.97. The standard InChI is InChI=1S/C10H19N/c1-5-9-7-10(3,4)11(6-2)8-9/h8H,5-7H2,1-4H3. The van der Waals surface area contributed by atoms with Crippen LogP contribution in [0.15, 0.2) is 11.8 Å². The van der Waals surface area contributed by atoms with Gasteiger partial charge in [-0.3, -0.25) is 0 Å². The molecule has 0 aromatic heterocycles. The molecule has 64 valence electrons. The second-order valence-electron chi connectivity index (χ2n) is 3.92. The third-order valence-corrected chi connectivity index (χ3v) is 2.57. The van der Waals surface area contributed by atoms with Gasteiger partial charge in [-0.2, -0.15) is 0 Å². The first-order chi connectivity index (χ1) is 5.10. The molecule has 0 atom stereocenters.